The summed E-state index contributed by atoms with van der Waals surface area (Å²) in [7, 11) is -3.80. The van der Waals surface area contributed by atoms with E-state index in [2.05, 4.69) is 5.32 Å². The van der Waals surface area contributed by atoms with Crippen molar-refractivity contribution in [1.82, 2.24) is 0 Å². The number of thiophene rings is 1. The summed E-state index contributed by atoms with van der Waals surface area (Å²) < 4.78 is 22.9. The number of nitrogens with one attached hydrogen (secondary N) is 1. The van der Waals surface area contributed by atoms with E-state index in [0.717, 1.165) is 9.75 Å². The van der Waals surface area contributed by atoms with Crippen molar-refractivity contribution >= 4 is 44.6 Å². The van der Waals surface area contributed by atoms with Crippen LogP contribution in [0.4, 0.5) is 5.69 Å². The predicted octanol–water partition coefficient (Wildman–Crippen LogP) is 2.20. The van der Waals surface area contributed by atoms with Gasteiger partial charge in [0.1, 0.15) is 0 Å². The van der Waals surface area contributed by atoms with Gasteiger partial charge in [0.25, 0.3) is 5.91 Å². The van der Waals surface area contributed by atoms with Crippen LogP contribution in [-0.2, 0) is 14.8 Å². The highest BCUT2D eigenvalue weighted by Crippen LogP contribution is 2.35. The summed E-state index contributed by atoms with van der Waals surface area (Å²) in [4.78, 5) is 14.1. The van der Waals surface area contributed by atoms with E-state index in [1.165, 1.54) is 12.1 Å². The Morgan fingerprint density at radius 2 is 2.00 bits per heavy atom. The van der Waals surface area contributed by atoms with E-state index in [1.807, 2.05) is 19.1 Å². The van der Waals surface area contributed by atoms with Crippen LogP contribution in [-0.4, -0.2) is 14.3 Å². The number of carbonyl (C=O) groups excluding carboxylic acids is 1. The van der Waals surface area contributed by atoms with Crippen LogP contribution in [0.25, 0.3) is 11.6 Å². The lowest BCUT2D eigenvalue weighted by Crippen LogP contribution is -2.12. The summed E-state index contributed by atoms with van der Waals surface area (Å²) in [5, 5.41) is 7.85. The van der Waals surface area contributed by atoms with Crippen molar-refractivity contribution in [2.75, 3.05) is 5.32 Å². The van der Waals surface area contributed by atoms with Crippen LogP contribution < -0.4 is 10.5 Å². The first-order valence-electron chi connectivity index (χ1n) is 6.11. The summed E-state index contributed by atoms with van der Waals surface area (Å²) >= 11 is 1.56. The lowest BCUT2D eigenvalue weighted by molar-refractivity contribution is -0.110. The third-order valence-electron chi connectivity index (χ3n) is 3.15. The Morgan fingerprint density at radius 1 is 1.24 bits per heavy atom. The molecule has 0 atom stereocenters. The molecule has 2 heterocycles. The summed E-state index contributed by atoms with van der Waals surface area (Å²) in [6.07, 6.45) is 1.76. The van der Waals surface area contributed by atoms with Gasteiger partial charge < -0.3 is 5.32 Å². The van der Waals surface area contributed by atoms with E-state index in [4.69, 9.17) is 5.14 Å². The number of sulfonamides is 1. The molecule has 0 bridgehead atoms. The third-order valence-corrected chi connectivity index (χ3v) is 5.01. The predicted molar refractivity (Wildman–Crippen MR) is 83.4 cm³/mol. The lowest BCUT2D eigenvalue weighted by Gasteiger charge is -2.02. The maximum absolute atomic E-state index is 12.0. The fourth-order valence-corrected chi connectivity index (χ4v) is 3.52. The van der Waals surface area contributed by atoms with Gasteiger partial charge in [-0.15, -0.1) is 11.3 Å². The van der Waals surface area contributed by atoms with Crippen LogP contribution in [0.1, 0.15) is 15.3 Å². The third kappa shape index (κ3) is 2.63. The Hall–Kier alpha value is -1.96. The maximum Gasteiger partial charge on any atom is 0.256 e. The van der Waals surface area contributed by atoms with Gasteiger partial charge in [0.2, 0.25) is 10.0 Å². The Kier molecular flexibility index (Phi) is 3.20. The largest absolute Gasteiger partial charge is 0.321 e. The Labute approximate surface area is 126 Å². The van der Waals surface area contributed by atoms with Crippen molar-refractivity contribution in [1.29, 1.82) is 0 Å². The zero-order chi connectivity index (χ0) is 15.2. The molecule has 21 heavy (non-hydrogen) atoms. The highest BCUT2D eigenvalue weighted by molar-refractivity contribution is 7.89. The van der Waals surface area contributed by atoms with Crippen molar-refractivity contribution in [3.8, 4) is 0 Å². The topological polar surface area (TPSA) is 89.3 Å². The van der Waals surface area contributed by atoms with Gasteiger partial charge in [0, 0.05) is 21.0 Å². The molecule has 1 aromatic heterocycles. The molecule has 1 amide bonds. The van der Waals surface area contributed by atoms with Crippen LogP contribution in [0.5, 0.6) is 0 Å². The van der Waals surface area contributed by atoms with Gasteiger partial charge in [-0.3, -0.25) is 4.79 Å². The van der Waals surface area contributed by atoms with E-state index in [1.54, 1.807) is 23.5 Å². The van der Waals surface area contributed by atoms with Crippen molar-refractivity contribution in [2.24, 2.45) is 5.14 Å². The Bertz CT molecular complexity index is 879. The second kappa shape index (κ2) is 4.80. The van der Waals surface area contributed by atoms with Crippen molar-refractivity contribution in [3.63, 3.8) is 0 Å². The summed E-state index contributed by atoms with van der Waals surface area (Å²) in [5.41, 5.74) is 1.59. The summed E-state index contributed by atoms with van der Waals surface area (Å²) in [5.74, 6) is -0.248. The van der Waals surface area contributed by atoms with Crippen molar-refractivity contribution in [2.45, 2.75) is 11.8 Å². The van der Waals surface area contributed by atoms with Gasteiger partial charge in [-0.25, -0.2) is 13.6 Å². The second-order valence-corrected chi connectivity index (χ2v) is 7.59. The number of benzene rings is 1. The van der Waals surface area contributed by atoms with Crippen molar-refractivity contribution < 1.29 is 13.2 Å². The fourth-order valence-electron chi connectivity index (χ4n) is 2.16. The molecule has 3 rings (SSSR count). The molecule has 0 saturated carbocycles. The minimum absolute atomic E-state index is 0.00832. The van der Waals surface area contributed by atoms with Crippen LogP contribution in [0.15, 0.2) is 35.2 Å². The average Bonchev–Trinajstić information content (AvgIpc) is 2.93. The standard InChI is InChI=1S/C14H12N2O3S2/c1-8-2-3-9(20-8)6-12-11-7-10(21(15,18)19)4-5-13(11)16-14(12)17/h2-7H,1H3,(H,16,17)(H2,15,18,19). The molecule has 7 heteroatoms. The minimum Gasteiger partial charge on any atom is -0.321 e. The smallest absolute Gasteiger partial charge is 0.256 e. The van der Waals surface area contributed by atoms with E-state index in [9.17, 15) is 13.2 Å². The number of hydrogen-bond donors (Lipinski definition) is 2. The van der Waals surface area contributed by atoms with Crippen LogP contribution >= 0.6 is 11.3 Å². The molecule has 0 aliphatic carbocycles. The van der Waals surface area contributed by atoms with Crippen LogP contribution in [0.3, 0.4) is 0 Å². The van der Waals surface area contributed by atoms with Gasteiger partial charge in [0.05, 0.1) is 10.5 Å². The summed E-state index contributed by atoms with van der Waals surface area (Å²) in [6, 6.07) is 8.24. The first-order chi connectivity index (χ1) is 9.84. The van der Waals surface area contributed by atoms with Crippen LogP contribution in [0.2, 0.25) is 0 Å². The van der Waals surface area contributed by atoms with E-state index >= 15 is 0 Å². The molecule has 108 valence electrons. The first-order valence-corrected chi connectivity index (χ1v) is 8.47. The molecule has 0 spiro atoms. The zero-order valence-corrected chi connectivity index (χ0v) is 12.7. The Balaban J connectivity index is 2.14. The number of fused-ring (bicyclic) bond motifs is 1. The molecule has 1 aromatic carbocycles. The molecular weight excluding hydrogens is 308 g/mol. The highest BCUT2D eigenvalue weighted by atomic mass is 32.2. The van der Waals surface area contributed by atoms with Gasteiger partial charge in [-0.2, -0.15) is 0 Å². The fraction of sp³-hybridized carbons (Fsp3) is 0.0714. The van der Waals surface area contributed by atoms with Crippen LogP contribution in [0, 0.1) is 6.92 Å². The zero-order valence-electron chi connectivity index (χ0n) is 11.1. The number of anilines is 1. The first kappa shape index (κ1) is 14.0. The number of nitrogens with two attached hydrogens (primary N) is 1. The highest BCUT2D eigenvalue weighted by Gasteiger charge is 2.25. The number of rotatable bonds is 2. The molecule has 0 unspecified atom stereocenters. The molecule has 3 N–H and O–H groups in total. The monoisotopic (exact) mass is 320 g/mol. The average molecular weight is 320 g/mol. The van der Waals surface area contributed by atoms with Gasteiger partial charge in [-0.1, -0.05) is 0 Å². The van der Waals surface area contributed by atoms with Crippen molar-refractivity contribution in [3.05, 3.63) is 45.6 Å². The molecule has 1 aliphatic rings. The SMILES string of the molecule is Cc1ccc(C=C2C(=O)Nc3ccc(S(N)(=O)=O)cc32)s1. The lowest BCUT2D eigenvalue weighted by atomic mass is 10.1. The molecule has 2 aromatic rings. The minimum atomic E-state index is -3.80. The molecule has 0 fully saturated rings. The number of hydrogen-bond acceptors (Lipinski definition) is 4. The Morgan fingerprint density at radius 3 is 2.62 bits per heavy atom. The molecule has 0 radical (unpaired) electrons. The normalized spacial score (nSPS) is 16.1. The van der Waals surface area contributed by atoms with Gasteiger partial charge in [-0.05, 0) is 43.3 Å². The number of aryl methyl sites for hydroxylation is 1. The maximum atomic E-state index is 12.0. The van der Waals surface area contributed by atoms with E-state index in [0.29, 0.717) is 16.8 Å². The molecular formula is C14H12N2O3S2. The van der Waals surface area contributed by atoms with E-state index in [-0.39, 0.29) is 10.8 Å². The molecule has 5 nitrogen and oxygen atoms in total. The number of amides is 1. The summed E-state index contributed by atoms with van der Waals surface area (Å²) in [6.45, 7) is 1.98. The van der Waals surface area contributed by atoms with Gasteiger partial charge in [0.15, 0.2) is 0 Å². The second-order valence-electron chi connectivity index (χ2n) is 4.71. The quantitative estimate of drug-likeness (QED) is 0.831. The molecule has 0 saturated heterocycles. The van der Waals surface area contributed by atoms with E-state index < -0.39 is 10.0 Å². The molecule has 1 aliphatic heterocycles. The number of carbonyl (C=O) groups is 1. The number of primary sulfonamides is 1. The van der Waals surface area contributed by atoms with Gasteiger partial charge >= 0.3 is 0 Å².